The van der Waals surface area contributed by atoms with Crippen molar-refractivity contribution >= 4 is 17.5 Å². The van der Waals surface area contributed by atoms with Gasteiger partial charge >= 0.3 is 0 Å². The minimum absolute atomic E-state index is 0.0428. The monoisotopic (exact) mass is 253 g/mol. The van der Waals surface area contributed by atoms with E-state index < -0.39 is 0 Å². The molecule has 6 heteroatoms. The van der Waals surface area contributed by atoms with Crippen LogP contribution in [-0.4, -0.2) is 59.8 Å². The number of ether oxygens (including phenoxy) is 1. The fraction of sp³-hybridized carbons (Fsp3) is 0.750. The van der Waals surface area contributed by atoms with E-state index in [4.69, 9.17) is 4.74 Å². The van der Waals surface area contributed by atoms with Gasteiger partial charge in [-0.25, -0.2) is 5.01 Å². The Kier molecular flexibility index (Phi) is 3.65. The van der Waals surface area contributed by atoms with Crippen molar-refractivity contribution in [1.29, 1.82) is 0 Å². The molecule has 2 aliphatic rings. The first kappa shape index (κ1) is 13.0. The SMILES string of the molecule is C[C@@H]1CN(C(=O)C2=NN(C)C(=O)CC2)C[C@@H](C)O1. The Morgan fingerprint density at radius 1 is 1.28 bits per heavy atom. The highest BCUT2D eigenvalue weighted by Gasteiger charge is 2.30. The first-order valence-electron chi connectivity index (χ1n) is 6.26. The average Bonchev–Trinajstić information content (AvgIpc) is 2.30. The van der Waals surface area contributed by atoms with Crippen LogP contribution in [0.25, 0.3) is 0 Å². The van der Waals surface area contributed by atoms with E-state index in [9.17, 15) is 9.59 Å². The molecule has 0 spiro atoms. The lowest BCUT2D eigenvalue weighted by Crippen LogP contribution is -2.51. The Morgan fingerprint density at radius 2 is 1.89 bits per heavy atom. The van der Waals surface area contributed by atoms with Gasteiger partial charge < -0.3 is 9.64 Å². The van der Waals surface area contributed by atoms with Crippen molar-refractivity contribution < 1.29 is 14.3 Å². The van der Waals surface area contributed by atoms with Gasteiger partial charge in [0.1, 0.15) is 5.71 Å². The van der Waals surface area contributed by atoms with Crippen LogP contribution in [0.3, 0.4) is 0 Å². The topological polar surface area (TPSA) is 62.2 Å². The summed E-state index contributed by atoms with van der Waals surface area (Å²) in [7, 11) is 1.58. The third-order valence-corrected chi connectivity index (χ3v) is 3.16. The zero-order valence-corrected chi connectivity index (χ0v) is 11.0. The lowest BCUT2D eigenvalue weighted by Gasteiger charge is -2.36. The van der Waals surface area contributed by atoms with Crippen LogP contribution in [0.15, 0.2) is 5.10 Å². The van der Waals surface area contributed by atoms with Gasteiger partial charge in [0, 0.05) is 33.0 Å². The highest BCUT2D eigenvalue weighted by atomic mass is 16.5. The minimum atomic E-state index is -0.0728. The number of hydrogen-bond acceptors (Lipinski definition) is 4. The molecule has 0 aliphatic carbocycles. The van der Waals surface area contributed by atoms with E-state index in [2.05, 4.69) is 5.10 Å². The predicted molar refractivity (Wildman–Crippen MR) is 66.0 cm³/mol. The molecule has 0 unspecified atom stereocenters. The molecule has 18 heavy (non-hydrogen) atoms. The second-order valence-corrected chi connectivity index (χ2v) is 4.93. The van der Waals surface area contributed by atoms with Crippen molar-refractivity contribution in [2.24, 2.45) is 5.10 Å². The standard InChI is InChI=1S/C12H19N3O3/c1-8-6-15(7-9(2)18-8)12(17)10-4-5-11(16)14(3)13-10/h8-9H,4-7H2,1-3H3/t8-,9-/m1/s1. The Balaban J connectivity index is 2.07. The van der Waals surface area contributed by atoms with Crippen LogP contribution in [0, 0.1) is 0 Å². The first-order chi connectivity index (χ1) is 8.47. The summed E-state index contributed by atoms with van der Waals surface area (Å²) in [5, 5.41) is 5.31. The third-order valence-electron chi connectivity index (χ3n) is 3.16. The fourth-order valence-electron chi connectivity index (χ4n) is 2.35. The van der Waals surface area contributed by atoms with Crippen molar-refractivity contribution in [3.8, 4) is 0 Å². The molecule has 0 saturated carbocycles. The fourth-order valence-corrected chi connectivity index (χ4v) is 2.35. The maximum atomic E-state index is 12.3. The normalized spacial score (nSPS) is 29.3. The molecule has 0 N–H and O–H groups in total. The van der Waals surface area contributed by atoms with Crippen LogP contribution in [0.2, 0.25) is 0 Å². The Bertz CT molecular complexity index is 384. The number of carbonyl (C=O) groups is 2. The van der Waals surface area contributed by atoms with Crippen LogP contribution >= 0.6 is 0 Å². The van der Waals surface area contributed by atoms with E-state index in [0.29, 0.717) is 31.6 Å². The molecular formula is C12H19N3O3. The van der Waals surface area contributed by atoms with Crippen molar-refractivity contribution in [2.45, 2.75) is 38.9 Å². The zero-order chi connectivity index (χ0) is 13.3. The van der Waals surface area contributed by atoms with Gasteiger partial charge in [0.15, 0.2) is 0 Å². The highest BCUT2D eigenvalue weighted by molar-refractivity contribution is 6.39. The quantitative estimate of drug-likeness (QED) is 0.672. The third kappa shape index (κ3) is 2.69. The highest BCUT2D eigenvalue weighted by Crippen LogP contribution is 2.14. The van der Waals surface area contributed by atoms with Crippen molar-refractivity contribution in [3.05, 3.63) is 0 Å². The molecule has 1 fully saturated rings. The number of hydrogen-bond donors (Lipinski definition) is 0. The first-order valence-corrected chi connectivity index (χ1v) is 6.26. The molecular weight excluding hydrogens is 234 g/mol. The lowest BCUT2D eigenvalue weighted by molar-refractivity contribution is -0.136. The maximum Gasteiger partial charge on any atom is 0.270 e. The number of morpholine rings is 1. The van der Waals surface area contributed by atoms with Crippen LogP contribution in [0.1, 0.15) is 26.7 Å². The largest absolute Gasteiger partial charge is 0.372 e. The molecule has 2 heterocycles. The van der Waals surface area contributed by atoms with E-state index in [-0.39, 0.29) is 24.0 Å². The molecule has 0 radical (unpaired) electrons. The molecule has 100 valence electrons. The molecule has 0 bridgehead atoms. The smallest absolute Gasteiger partial charge is 0.270 e. The number of carbonyl (C=O) groups excluding carboxylic acids is 2. The Hall–Kier alpha value is -1.43. The molecule has 2 amide bonds. The summed E-state index contributed by atoms with van der Waals surface area (Å²) in [6.45, 7) is 5.07. The van der Waals surface area contributed by atoms with Gasteiger partial charge in [0.2, 0.25) is 5.91 Å². The van der Waals surface area contributed by atoms with Gasteiger partial charge in [-0.2, -0.15) is 5.10 Å². The molecule has 0 aromatic heterocycles. The van der Waals surface area contributed by atoms with Gasteiger partial charge in [0.05, 0.1) is 12.2 Å². The van der Waals surface area contributed by atoms with Crippen molar-refractivity contribution in [3.63, 3.8) is 0 Å². The second kappa shape index (κ2) is 5.06. The summed E-state index contributed by atoms with van der Waals surface area (Å²) in [5.74, 6) is -0.119. The second-order valence-electron chi connectivity index (χ2n) is 4.93. The zero-order valence-electron chi connectivity index (χ0n) is 11.0. The van der Waals surface area contributed by atoms with Crippen LogP contribution in [0.4, 0.5) is 0 Å². The summed E-state index contributed by atoms with van der Waals surface area (Å²) in [6, 6.07) is 0. The molecule has 1 saturated heterocycles. The van der Waals surface area contributed by atoms with E-state index in [0.717, 1.165) is 0 Å². The number of nitrogens with zero attached hydrogens (tertiary/aromatic N) is 3. The van der Waals surface area contributed by atoms with Gasteiger partial charge in [-0.1, -0.05) is 0 Å². The van der Waals surface area contributed by atoms with Gasteiger partial charge in [0.25, 0.3) is 5.91 Å². The van der Waals surface area contributed by atoms with E-state index in [1.165, 1.54) is 5.01 Å². The van der Waals surface area contributed by atoms with Gasteiger partial charge in [-0.15, -0.1) is 0 Å². The molecule has 0 aromatic carbocycles. The van der Waals surface area contributed by atoms with Crippen LogP contribution in [-0.2, 0) is 14.3 Å². The molecule has 2 aliphatic heterocycles. The summed E-state index contributed by atoms with van der Waals surface area (Å²) in [5.41, 5.74) is 0.471. The van der Waals surface area contributed by atoms with Crippen molar-refractivity contribution in [2.75, 3.05) is 20.1 Å². The number of amides is 2. The molecule has 2 rings (SSSR count). The lowest BCUT2D eigenvalue weighted by atomic mass is 10.1. The number of rotatable bonds is 1. The predicted octanol–water partition coefficient (Wildman–Crippen LogP) is 0.230. The Labute approximate surface area is 107 Å². The van der Waals surface area contributed by atoms with Crippen LogP contribution < -0.4 is 0 Å². The molecule has 2 atom stereocenters. The summed E-state index contributed by atoms with van der Waals surface area (Å²) in [6.07, 6.45) is 0.876. The Morgan fingerprint density at radius 3 is 2.44 bits per heavy atom. The molecule has 6 nitrogen and oxygen atoms in total. The van der Waals surface area contributed by atoms with Gasteiger partial charge in [-0.05, 0) is 13.8 Å². The maximum absolute atomic E-state index is 12.3. The minimum Gasteiger partial charge on any atom is -0.372 e. The van der Waals surface area contributed by atoms with E-state index >= 15 is 0 Å². The number of hydrazone groups is 1. The average molecular weight is 253 g/mol. The van der Waals surface area contributed by atoms with Crippen molar-refractivity contribution in [1.82, 2.24) is 9.91 Å². The summed E-state index contributed by atoms with van der Waals surface area (Å²) in [4.78, 5) is 25.4. The van der Waals surface area contributed by atoms with Gasteiger partial charge in [-0.3, -0.25) is 9.59 Å². The summed E-state index contributed by atoms with van der Waals surface area (Å²) < 4.78 is 5.59. The van der Waals surface area contributed by atoms with Crippen LogP contribution in [0.5, 0.6) is 0 Å². The van der Waals surface area contributed by atoms with E-state index in [1.807, 2.05) is 13.8 Å². The summed E-state index contributed by atoms with van der Waals surface area (Å²) >= 11 is 0. The molecule has 0 aromatic rings. The van der Waals surface area contributed by atoms with E-state index in [1.54, 1.807) is 11.9 Å².